The first-order valence-corrected chi connectivity index (χ1v) is 13.5. The molecule has 4 aliphatic carbocycles. The number of benzene rings is 2. The Morgan fingerprint density at radius 1 is 1.03 bits per heavy atom. The summed E-state index contributed by atoms with van der Waals surface area (Å²) < 4.78 is 6.06. The fourth-order valence-corrected chi connectivity index (χ4v) is 9.23. The van der Waals surface area contributed by atoms with Gasteiger partial charge in [0.25, 0.3) is 5.24 Å². The van der Waals surface area contributed by atoms with Crippen LogP contribution in [0, 0.1) is 17.8 Å². The molecule has 5 nitrogen and oxygen atoms in total. The van der Waals surface area contributed by atoms with Crippen molar-refractivity contribution in [1.29, 1.82) is 0 Å². The molecule has 6 bridgehead atoms. The Kier molecular flexibility index (Phi) is 4.46. The predicted octanol–water partition coefficient (Wildman–Crippen LogP) is 6.04. The van der Waals surface area contributed by atoms with Gasteiger partial charge in [-0.15, -0.1) is 0 Å². The molecule has 4 saturated carbocycles. The fraction of sp³-hybridized carbons (Fsp3) is 0.500. The van der Waals surface area contributed by atoms with Gasteiger partial charge in [-0.2, -0.15) is 0 Å². The van der Waals surface area contributed by atoms with E-state index in [4.69, 9.17) is 4.74 Å². The van der Waals surface area contributed by atoms with Gasteiger partial charge in [-0.05, 0) is 110 Å². The summed E-state index contributed by atoms with van der Waals surface area (Å²) in [6, 6.07) is 11.9. The topological polar surface area (TPSA) is 66.8 Å². The van der Waals surface area contributed by atoms with Gasteiger partial charge >= 0.3 is 0 Å². The van der Waals surface area contributed by atoms with Crippen molar-refractivity contribution < 1.29 is 19.4 Å². The summed E-state index contributed by atoms with van der Waals surface area (Å²) in [7, 11) is 0. The number of nitrogens with zero attached hydrogens (tertiary/aromatic N) is 1. The van der Waals surface area contributed by atoms with Crippen LogP contribution >= 0.6 is 11.8 Å². The monoisotopic (exact) mass is 475 g/mol. The Bertz CT molecular complexity index is 1180. The number of thioether (sulfide) groups is 1. The van der Waals surface area contributed by atoms with E-state index in [1.807, 2.05) is 31.2 Å². The predicted molar refractivity (Wildman–Crippen MR) is 131 cm³/mol. The van der Waals surface area contributed by atoms with E-state index in [0.717, 1.165) is 57.5 Å². The van der Waals surface area contributed by atoms with Gasteiger partial charge in [-0.25, -0.2) is 0 Å². The van der Waals surface area contributed by atoms with Crippen LogP contribution < -0.4 is 4.74 Å². The van der Waals surface area contributed by atoms with Gasteiger partial charge in [0.2, 0.25) is 5.91 Å². The van der Waals surface area contributed by atoms with Crippen molar-refractivity contribution in [3.05, 3.63) is 47.5 Å². The maximum absolute atomic E-state index is 12.1. The van der Waals surface area contributed by atoms with Crippen molar-refractivity contribution in [1.82, 2.24) is 4.90 Å². The SMILES string of the molecule is CCOc1cc(C2C3SC(=O)N2C3=O)ccc1-c1ccc(O)c(C23CC4CC(CC(C4)C2)C3)c1. The summed E-state index contributed by atoms with van der Waals surface area (Å²) >= 11 is 1.12. The molecule has 0 spiro atoms. The van der Waals surface area contributed by atoms with E-state index < -0.39 is 0 Å². The third kappa shape index (κ3) is 2.87. The number of hydrogen-bond acceptors (Lipinski definition) is 5. The molecule has 3 heterocycles. The Hall–Kier alpha value is -2.47. The Labute approximate surface area is 203 Å². The third-order valence-corrected chi connectivity index (χ3v) is 10.1. The van der Waals surface area contributed by atoms with Gasteiger partial charge in [0, 0.05) is 11.1 Å². The van der Waals surface area contributed by atoms with E-state index in [1.54, 1.807) is 0 Å². The molecule has 9 rings (SSSR count). The zero-order chi connectivity index (χ0) is 23.2. The molecule has 7 aliphatic rings. The Morgan fingerprint density at radius 2 is 1.74 bits per heavy atom. The number of carbonyl (C=O) groups excluding carboxylic acids is 2. The highest BCUT2D eigenvalue weighted by Crippen LogP contribution is 2.62. The minimum atomic E-state index is -0.302. The quantitative estimate of drug-likeness (QED) is 0.534. The maximum Gasteiger partial charge on any atom is 0.289 e. The summed E-state index contributed by atoms with van der Waals surface area (Å²) in [6.45, 7) is 2.49. The van der Waals surface area contributed by atoms with Crippen LogP contribution in [0.25, 0.3) is 11.1 Å². The summed E-state index contributed by atoms with van der Waals surface area (Å²) in [6.07, 6.45) is 7.72. The normalized spacial score (nSPS) is 35.1. The van der Waals surface area contributed by atoms with Crippen molar-refractivity contribution in [2.45, 2.75) is 62.2 Å². The largest absolute Gasteiger partial charge is 0.508 e. The fourth-order valence-electron chi connectivity index (χ4n) is 8.08. The first-order chi connectivity index (χ1) is 16.5. The molecule has 3 aliphatic heterocycles. The highest BCUT2D eigenvalue weighted by molar-refractivity contribution is 8.15. The van der Waals surface area contributed by atoms with E-state index in [2.05, 4.69) is 12.1 Å². The first-order valence-electron chi connectivity index (χ1n) is 12.6. The second-order valence-electron chi connectivity index (χ2n) is 11.1. The minimum absolute atomic E-state index is 0.0826. The number of carbonyl (C=O) groups is 2. The van der Waals surface area contributed by atoms with Crippen molar-refractivity contribution in [3.63, 3.8) is 0 Å². The molecule has 3 saturated heterocycles. The zero-order valence-electron chi connectivity index (χ0n) is 19.3. The third-order valence-electron chi connectivity index (χ3n) is 9.03. The van der Waals surface area contributed by atoms with Gasteiger partial charge in [-0.1, -0.05) is 18.2 Å². The molecule has 0 aromatic heterocycles. The number of amides is 2. The lowest BCUT2D eigenvalue weighted by Gasteiger charge is -2.57. The first kappa shape index (κ1) is 20.9. The number of fused-ring (bicyclic) bond motifs is 1. The van der Waals surface area contributed by atoms with Crippen molar-refractivity contribution in [3.8, 4) is 22.6 Å². The number of rotatable bonds is 5. The lowest BCUT2D eigenvalue weighted by molar-refractivity contribution is -0.137. The van der Waals surface area contributed by atoms with Gasteiger partial charge in [-0.3, -0.25) is 14.5 Å². The number of imide groups is 1. The standard InChI is InChI=1S/C28H29NO4S/c1-2-33-23-11-19(24-25-26(31)29(24)27(32)34-25)3-5-20(23)18-4-6-22(30)21(10-18)28-12-15-7-16(13-28)9-17(8-15)14-28/h3-6,10-11,15-17,24-25,30H,2,7-9,12-14H2,1H3. The van der Waals surface area contributed by atoms with E-state index in [1.165, 1.54) is 43.4 Å². The van der Waals surface area contributed by atoms with Crippen molar-refractivity contribution in [2.24, 2.45) is 17.8 Å². The van der Waals surface area contributed by atoms with Crippen LogP contribution in [-0.4, -0.2) is 33.0 Å². The lowest BCUT2D eigenvalue weighted by atomic mass is 9.48. The number of aromatic hydroxyl groups is 1. The Morgan fingerprint density at radius 3 is 2.32 bits per heavy atom. The minimum Gasteiger partial charge on any atom is -0.508 e. The highest BCUT2D eigenvalue weighted by Gasteiger charge is 2.60. The van der Waals surface area contributed by atoms with Crippen LogP contribution in [0.2, 0.25) is 0 Å². The smallest absolute Gasteiger partial charge is 0.289 e. The molecule has 6 heteroatoms. The summed E-state index contributed by atoms with van der Waals surface area (Å²) in [5, 5.41) is 10.5. The number of ether oxygens (including phenoxy) is 1. The van der Waals surface area contributed by atoms with Crippen LogP contribution in [0.5, 0.6) is 11.5 Å². The van der Waals surface area contributed by atoms with E-state index in [0.29, 0.717) is 12.4 Å². The molecule has 176 valence electrons. The molecule has 2 unspecified atom stereocenters. The Balaban J connectivity index is 1.27. The van der Waals surface area contributed by atoms with E-state index >= 15 is 0 Å². The lowest BCUT2D eigenvalue weighted by Crippen LogP contribution is -2.50. The van der Waals surface area contributed by atoms with E-state index in [-0.39, 0.29) is 27.9 Å². The highest BCUT2D eigenvalue weighted by atomic mass is 32.2. The van der Waals surface area contributed by atoms with Gasteiger partial charge in [0.1, 0.15) is 16.7 Å². The molecule has 1 N–H and O–H groups in total. The van der Waals surface area contributed by atoms with Gasteiger partial charge in [0.15, 0.2) is 0 Å². The molecule has 2 aromatic carbocycles. The second-order valence-corrected chi connectivity index (χ2v) is 12.2. The molecule has 2 aromatic rings. The number of β-lactam (4-membered cyclic amide) rings is 1. The molecule has 0 radical (unpaired) electrons. The molecule has 34 heavy (non-hydrogen) atoms. The molecular formula is C28H29NO4S. The van der Waals surface area contributed by atoms with Crippen molar-refractivity contribution in [2.75, 3.05) is 6.61 Å². The van der Waals surface area contributed by atoms with Crippen LogP contribution in [0.15, 0.2) is 36.4 Å². The van der Waals surface area contributed by atoms with Crippen LogP contribution in [0.3, 0.4) is 0 Å². The molecule has 2 atom stereocenters. The average Bonchev–Trinajstić information content (AvgIpc) is 3.31. The summed E-state index contributed by atoms with van der Waals surface area (Å²) in [4.78, 5) is 25.5. The van der Waals surface area contributed by atoms with Crippen LogP contribution in [-0.2, 0) is 10.2 Å². The van der Waals surface area contributed by atoms with Crippen molar-refractivity contribution >= 4 is 22.9 Å². The molecule has 7 fully saturated rings. The van der Waals surface area contributed by atoms with Crippen LogP contribution in [0.1, 0.15) is 62.6 Å². The number of phenols is 1. The van der Waals surface area contributed by atoms with Gasteiger partial charge < -0.3 is 9.84 Å². The van der Waals surface area contributed by atoms with E-state index in [9.17, 15) is 14.7 Å². The number of phenolic OH excluding ortho intramolecular Hbond substituents is 1. The average molecular weight is 476 g/mol. The second kappa shape index (κ2) is 7.27. The summed E-state index contributed by atoms with van der Waals surface area (Å²) in [5.41, 5.74) is 4.21. The maximum atomic E-state index is 12.1. The van der Waals surface area contributed by atoms with Gasteiger partial charge in [0.05, 0.1) is 12.6 Å². The molecular weight excluding hydrogens is 446 g/mol. The van der Waals surface area contributed by atoms with Crippen LogP contribution in [0.4, 0.5) is 4.79 Å². The number of hydrogen-bond donors (Lipinski definition) is 1. The molecule has 2 amide bonds. The zero-order valence-corrected chi connectivity index (χ0v) is 20.1. The summed E-state index contributed by atoms with van der Waals surface area (Å²) in [5.74, 6) is 3.53.